The summed E-state index contributed by atoms with van der Waals surface area (Å²) in [6, 6.07) is 7.90. The van der Waals surface area contributed by atoms with Crippen LogP contribution in [0.5, 0.6) is 0 Å². The molecule has 102 valence electrons. The summed E-state index contributed by atoms with van der Waals surface area (Å²) in [7, 11) is 0. The molecule has 1 aromatic carbocycles. The highest BCUT2D eigenvalue weighted by atomic mass is 32.2. The van der Waals surface area contributed by atoms with Gasteiger partial charge in [0, 0.05) is 23.8 Å². The first-order valence-electron chi connectivity index (χ1n) is 7.16. The van der Waals surface area contributed by atoms with Gasteiger partial charge in [0.05, 0.1) is 12.6 Å². The third kappa shape index (κ3) is 3.03. The number of allylic oxidation sites excluding steroid dienone is 1. The Morgan fingerprint density at radius 1 is 1.32 bits per heavy atom. The van der Waals surface area contributed by atoms with Crippen molar-refractivity contribution in [3.63, 3.8) is 0 Å². The second-order valence-electron chi connectivity index (χ2n) is 5.57. The van der Waals surface area contributed by atoms with Crippen molar-refractivity contribution >= 4 is 11.8 Å². The third-order valence-corrected chi connectivity index (χ3v) is 5.40. The summed E-state index contributed by atoms with van der Waals surface area (Å²) in [5.74, 6) is 3.61. The van der Waals surface area contributed by atoms with Gasteiger partial charge in [-0.1, -0.05) is 30.4 Å². The molecule has 0 unspecified atom stereocenters. The van der Waals surface area contributed by atoms with E-state index in [2.05, 4.69) is 17.5 Å². The molecule has 2 N–H and O–H groups in total. The average molecular weight is 278 g/mol. The number of benzene rings is 1. The Bertz CT molecular complexity index is 460. The summed E-state index contributed by atoms with van der Waals surface area (Å²) in [6.45, 7) is 1.15. The van der Waals surface area contributed by atoms with Gasteiger partial charge in [0.2, 0.25) is 0 Å². The molecule has 0 radical (unpaired) electrons. The van der Waals surface area contributed by atoms with Crippen molar-refractivity contribution in [3.8, 4) is 0 Å². The highest BCUT2D eigenvalue weighted by Gasteiger charge is 2.43. The zero-order valence-corrected chi connectivity index (χ0v) is 11.9. The molecule has 1 saturated carbocycles. The van der Waals surface area contributed by atoms with E-state index >= 15 is 0 Å². The molecule has 2 aliphatic rings. The fourth-order valence-corrected chi connectivity index (χ4v) is 4.10. The normalized spacial score (nSPS) is 28.2. The Kier molecular flexibility index (Phi) is 4.24. The maximum absolute atomic E-state index is 13.4. The van der Waals surface area contributed by atoms with Crippen LogP contribution >= 0.6 is 11.8 Å². The molecule has 0 aliphatic heterocycles. The number of nitrogens with two attached hydrogens (primary N) is 1. The van der Waals surface area contributed by atoms with Gasteiger partial charge in [0.25, 0.3) is 0 Å². The van der Waals surface area contributed by atoms with Crippen LogP contribution in [0.2, 0.25) is 0 Å². The first kappa shape index (κ1) is 13.2. The number of fused-ring (bicyclic) bond motifs is 1. The molecule has 0 saturated heterocycles. The van der Waals surface area contributed by atoms with Crippen LogP contribution in [0.1, 0.15) is 18.4 Å². The largest absolute Gasteiger partial charge is 0.343 e. The molecule has 0 amide bonds. The lowest BCUT2D eigenvalue weighted by Gasteiger charge is -2.37. The number of halogens is 1. The zero-order chi connectivity index (χ0) is 13.1. The molecule has 1 fully saturated rings. The Labute approximate surface area is 118 Å². The lowest BCUT2D eigenvalue weighted by Crippen LogP contribution is -2.94. The van der Waals surface area contributed by atoms with E-state index in [9.17, 15) is 4.39 Å². The van der Waals surface area contributed by atoms with E-state index in [-0.39, 0.29) is 5.82 Å². The molecule has 3 atom stereocenters. The summed E-state index contributed by atoms with van der Waals surface area (Å²) in [5.41, 5.74) is 0.829. The molecule has 1 nitrogen and oxygen atoms in total. The molecular weight excluding hydrogens is 257 g/mol. The van der Waals surface area contributed by atoms with E-state index in [1.807, 2.05) is 23.9 Å². The minimum absolute atomic E-state index is 0.0723. The molecule has 3 rings (SSSR count). The average Bonchev–Trinajstić information content (AvgIpc) is 2.77. The van der Waals surface area contributed by atoms with Crippen LogP contribution < -0.4 is 5.32 Å². The van der Waals surface area contributed by atoms with E-state index in [1.54, 1.807) is 12.1 Å². The Hall–Kier alpha value is -0.800. The highest BCUT2D eigenvalue weighted by Crippen LogP contribution is 2.40. The molecule has 3 heteroatoms. The van der Waals surface area contributed by atoms with E-state index in [0.29, 0.717) is 0 Å². The minimum Gasteiger partial charge on any atom is -0.343 e. The Morgan fingerprint density at radius 3 is 3.05 bits per heavy atom. The maximum atomic E-state index is 13.4. The third-order valence-electron chi connectivity index (χ3n) is 4.36. The van der Waals surface area contributed by atoms with Crippen LogP contribution in [-0.4, -0.2) is 18.3 Å². The van der Waals surface area contributed by atoms with Crippen molar-refractivity contribution in [3.05, 3.63) is 47.8 Å². The standard InChI is InChI=1S/C16H20FNS/c17-15-7-2-1-4-13(15)11-19-9-8-18-16-10-12-5-3-6-14(12)16/h1-4,6-7,12,14,16,18H,5,8-11H2/p+1/t12-,14-,16+/m0/s1. The van der Waals surface area contributed by atoms with Crippen molar-refractivity contribution in [2.45, 2.75) is 24.6 Å². The number of quaternary nitrogens is 1. The zero-order valence-electron chi connectivity index (χ0n) is 11.1. The second-order valence-corrected chi connectivity index (χ2v) is 6.67. The maximum Gasteiger partial charge on any atom is 0.127 e. The van der Waals surface area contributed by atoms with Gasteiger partial charge in [-0.25, -0.2) is 4.39 Å². The summed E-state index contributed by atoms with van der Waals surface area (Å²) >= 11 is 1.83. The van der Waals surface area contributed by atoms with E-state index in [0.717, 1.165) is 41.5 Å². The lowest BCUT2D eigenvalue weighted by atomic mass is 9.71. The number of hydrogen-bond donors (Lipinski definition) is 1. The first-order chi connectivity index (χ1) is 9.34. The predicted molar refractivity (Wildman–Crippen MR) is 78.5 cm³/mol. The number of thioether (sulfide) groups is 1. The van der Waals surface area contributed by atoms with Crippen molar-refractivity contribution in [2.75, 3.05) is 12.3 Å². The summed E-state index contributed by atoms with van der Waals surface area (Å²) < 4.78 is 13.4. The molecule has 19 heavy (non-hydrogen) atoms. The first-order valence-corrected chi connectivity index (χ1v) is 8.31. The van der Waals surface area contributed by atoms with Crippen LogP contribution in [0, 0.1) is 17.7 Å². The predicted octanol–water partition coefficient (Wildman–Crippen LogP) is 2.59. The smallest absolute Gasteiger partial charge is 0.127 e. The van der Waals surface area contributed by atoms with E-state index in [4.69, 9.17) is 0 Å². The fourth-order valence-electron chi connectivity index (χ4n) is 3.20. The van der Waals surface area contributed by atoms with Gasteiger partial charge < -0.3 is 5.32 Å². The molecule has 0 heterocycles. The van der Waals surface area contributed by atoms with Gasteiger partial charge in [-0.05, 0) is 24.0 Å². The minimum atomic E-state index is -0.0723. The van der Waals surface area contributed by atoms with Crippen molar-refractivity contribution in [1.82, 2.24) is 0 Å². The summed E-state index contributed by atoms with van der Waals surface area (Å²) in [4.78, 5) is 0. The van der Waals surface area contributed by atoms with Gasteiger partial charge in [-0.3, -0.25) is 0 Å². The van der Waals surface area contributed by atoms with Crippen molar-refractivity contribution < 1.29 is 9.71 Å². The quantitative estimate of drug-likeness (QED) is 0.625. The van der Waals surface area contributed by atoms with Crippen LogP contribution in [0.4, 0.5) is 4.39 Å². The van der Waals surface area contributed by atoms with Crippen LogP contribution in [0.15, 0.2) is 36.4 Å². The van der Waals surface area contributed by atoms with Gasteiger partial charge in [0.1, 0.15) is 5.82 Å². The van der Waals surface area contributed by atoms with Gasteiger partial charge in [-0.2, -0.15) is 11.8 Å². The molecular formula is C16H21FNS+. The molecule has 2 aliphatic carbocycles. The SMILES string of the molecule is Fc1ccccc1CSCC[NH2+][C@@H]1C[C@@H]2CC=C[C@@H]21. The fraction of sp³-hybridized carbons (Fsp3) is 0.500. The molecule has 0 bridgehead atoms. The molecule has 1 aromatic rings. The number of rotatable bonds is 6. The Morgan fingerprint density at radius 2 is 2.21 bits per heavy atom. The van der Waals surface area contributed by atoms with Gasteiger partial charge in [0.15, 0.2) is 0 Å². The second kappa shape index (κ2) is 6.10. The topological polar surface area (TPSA) is 16.6 Å². The number of hydrogen-bond acceptors (Lipinski definition) is 1. The van der Waals surface area contributed by atoms with E-state index in [1.165, 1.54) is 12.8 Å². The van der Waals surface area contributed by atoms with E-state index < -0.39 is 0 Å². The van der Waals surface area contributed by atoms with Crippen LogP contribution in [0.3, 0.4) is 0 Å². The monoisotopic (exact) mass is 278 g/mol. The molecule has 0 spiro atoms. The van der Waals surface area contributed by atoms with Gasteiger partial charge in [-0.15, -0.1) is 0 Å². The lowest BCUT2D eigenvalue weighted by molar-refractivity contribution is -0.704. The highest BCUT2D eigenvalue weighted by molar-refractivity contribution is 7.98. The van der Waals surface area contributed by atoms with Crippen molar-refractivity contribution in [2.24, 2.45) is 11.8 Å². The van der Waals surface area contributed by atoms with Crippen molar-refractivity contribution in [1.29, 1.82) is 0 Å². The summed E-state index contributed by atoms with van der Waals surface area (Å²) in [5, 5.41) is 2.49. The molecule has 0 aromatic heterocycles. The van der Waals surface area contributed by atoms with Crippen LogP contribution in [-0.2, 0) is 5.75 Å². The van der Waals surface area contributed by atoms with Gasteiger partial charge >= 0.3 is 0 Å². The van der Waals surface area contributed by atoms with Crippen LogP contribution in [0.25, 0.3) is 0 Å². The Balaban J connectivity index is 1.32. The summed E-state index contributed by atoms with van der Waals surface area (Å²) in [6.07, 6.45) is 7.44.